The SMILES string of the molecule is CN(C)c1ccc2c(O[C@@H]3C[C@H]4C(=O)N[C@]5(C(=O)NS(=O)(=O)C6CC6)C[C@H]5CCCCCCC[C@H](NC(=O)OC(C)(C)C)C(=O)N4C3)nc(-c3ccc(OC(F)(F)F)cc3)cc2c1. The maximum Gasteiger partial charge on any atom is 0.573 e. The molecule has 4 aliphatic rings. The van der Waals surface area contributed by atoms with Crippen molar-refractivity contribution in [2.45, 2.75) is 132 Å². The highest BCUT2D eigenvalue weighted by Crippen LogP contribution is 2.48. The molecule has 3 N–H and O–H groups in total. The molecule has 7 rings (SSSR count). The van der Waals surface area contributed by atoms with Gasteiger partial charge in [0.15, 0.2) is 0 Å². The molecule has 4 amide bonds. The minimum atomic E-state index is -4.87. The van der Waals surface area contributed by atoms with E-state index >= 15 is 0 Å². The van der Waals surface area contributed by atoms with E-state index in [-0.39, 0.29) is 37.6 Å². The summed E-state index contributed by atoms with van der Waals surface area (Å²) in [6, 6.07) is 10.3. The topological polar surface area (TPSA) is 186 Å². The lowest BCUT2D eigenvalue weighted by atomic mass is 10.0. The molecule has 2 aliphatic carbocycles. The summed E-state index contributed by atoms with van der Waals surface area (Å²) in [6.45, 7) is 4.97. The molecule has 2 saturated carbocycles. The van der Waals surface area contributed by atoms with Crippen LogP contribution in [0.2, 0.25) is 0 Å². The number of carbonyl (C=O) groups is 4. The summed E-state index contributed by atoms with van der Waals surface area (Å²) in [6.07, 6.45) is -0.895. The van der Waals surface area contributed by atoms with Crippen LogP contribution in [0.5, 0.6) is 11.6 Å². The van der Waals surface area contributed by atoms with E-state index in [4.69, 9.17) is 14.5 Å². The van der Waals surface area contributed by atoms with Gasteiger partial charge in [-0.15, -0.1) is 13.2 Å². The highest BCUT2D eigenvalue weighted by atomic mass is 32.2. The van der Waals surface area contributed by atoms with E-state index in [2.05, 4.69) is 20.1 Å². The second-order valence-electron chi connectivity index (χ2n) is 18.2. The van der Waals surface area contributed by atoms with Crippen LogP contribution in [0.3, 0.4) is 0 Å². The smallest absolute Gasteiger partial charge is 0.472 e. The first kappa shape index (κ1) is 45.7. The Balaban J connectivity index is 1.23. The van der Waals surface area contributed by atoms with Gasteiger partial charge in [0.1, 0.15) is 35.1 Å². The average molecular weight is 901 g/mol. The normalized spacial score (nSPS) is 24.8. The number of alkyl halides is 3. The number of amides is 4. The minimum Gasteiger partial charge on any atom is -0.472 e. The molecule has 5 atom stereocenters. The van der Waals surface area contributed by atoms with E-state index in [9.17, 15) is 40.8 Å². The second kappa shape index (κ2) is 17.7. The summed E-state index contributed by atoms with van der Waals surface area (Å²) in [5.41, 5.74) is -0.691. The van der Waals surface area contributed by atoms with Crippen molar-refractivity contribution in [2.24, 2.45) is 5.92 Å². The Kier molecular flexibility index (Phi) is 12.8. The fraction of sp³-hybridized carbons (Fsp3) is 0.568. The molecule has 0 bridgehead atoms. The first-order valence-electron chi connectivity index (χ1n) is 21.4. The number of ether oxygens (including phenoxy) is 3. The fourth-order valence-electron chi connectivity index (χ4n) is 8.42. The van der Waals surface area contributed by atoms with Gasteiger partial charge in [0, 0.05) is 37.2 Å². The Bertz CT molecular complexity index is 2340. The number of benzene rings is 2. The lowest BCUT2D eigenvalue weighted by Crippen LogP contribution is -2.58. The van der Waals surface area contributed by atoms with Gasteiger partial charge in [-0.2, -0.15) is 0 Å². The summed E-state index contributed by atoms with van der Waals surface area (Å²) in [4.78, 5) is 64.4. The lowest BCUT2D eigenvalue weighted by molar-refractivity contribution is -0.274. The first-order chi connectivity index (χ1) is 29.6. The summed E-state index contributed by atoms with van der Waals surface area (Å²) < 4.78 is 83.2. The van der Waals surface area contributed by atoms with Crippen LogP contribution in [0.1, 0.15) is 91.4 Å². The minimum absolute atomic E-state index is 0.0634. The number of aromatic nitrogens is 1. The van der Waals surface area contributed by atoms with Crippen molar-refractivity contribution in [3.63, 3.8) is 0 Å². The van der Waals surface area contributed by atoms with Gasteiger partial charge in [0.25, 0.3) is 5.91 Å². The van der Waals surface area contributed by atoms with Crippen molar-refractivity contribution >= 4 is 50.3 Å². The van der Waals surface area contributed by atoms with Gasteiger partial charge in [0.2, 0.25) is 27.7 Å². The van der Waals surface area contributed by atoms with Gasteiger partial charge < -0.3 is 34.6 Å². The number of sulfonamides is 1. The van der Waals surface area contributed by atoms with E-state index in [1.54, 1.807) is 26.8 Å². The van der Waals surface area contributed by atoms with Crippen molar-refractivity contribution in [1.82, 2.24) is 25.2 Å². The summed E-state index contributed by atoms with van der Waals surface area (Å²) >= 11 is 0. The third-order valence-electron chi connectivity index (χ3n) is 11.9. The molecule has 0 spiro atoms. The Morgan fingerprint density at radius 2 is 1.62 bits per heavy atom. The van der Waals surface area contributed by atoms with Crippen LogP contribution in [0.15, 0.2) is 48.5 Å². The van der Waals surface area contributed by atoms with E-state index < -0.39 is 80.5 Å². The van der Waals surface area contributed by atoms with Gasteiger partial charge >= 0.3 is 12.5 Å². The lowest BCUT2D eigenvalue weighted by Gasteiger charge is -2.30. The van der Waals surface area contributed by atoms with Crippen molar-refractivity contribution in [3.05, 3.63) is 48.5 Å². The fourth-order valence-corrected chi connectivity index (χ4v) is 9.78. The van der Waals surface area contributed by atoms with Crippen LogP contribution < -0.4 is 29.7 Å². The maximum atomic E-state index is 14.7. The highest BCUT2D eigenvalue weighted by molar-refractivity contribution is 7.91. The average Bonchev–Trinajstić information content (AvgIpc) is 4.12. The zero-order valence-corrected chi connectivity index (χ0v) is 36.9. The molecule has 3 heterocycles. The number of alkyl carbamates (subject to hydrolysis) is 1. The number of rotatable bonds is 9. The Morgan fingerprint density at radius 1 is 0.937 bits per heavy atom. The summed E-state index contributed by atoms with van der Waals surface area (Å²) in [7, 11) is -0.197. The number of hydrogen-bond donors (Lipinski definition) is 3. The number of nitrogens with zero attached hydrogens (tertiary/aromatic N) is 3. The van der Waals surface area contributed by atoms with Gasteiger partial charge in [-0.1, -0.05) is 32.1 Å². The van der Waals surface area contributed by atoms with Crippen LogP contribution in [0, 0.1) is 5.92 Å². The van der Waals surface area contributed by atoms with Crippen molar-refractivity contribution in [1.29, 1.82) is 0 Å². The molecule has 4 fully saturated rings. The number of halogens is 3. The van der Waals surface area contributed by atoms with Gasteiger partial charge in [0.05, 0.1) is 17.5 Å². The molecule has 2 saturated heterocycles. The largest absolute Gasteiger partial charge is 0.573 e. The zero-order chi connectivity index (χ0) is 45.5. The van der Waals surface area contributed by atoms with Crippen molar-refractivity contribution < 1.29 is 55.0 Å². The first-order valence-corrected chi connectivity index (χ1v) is 23.0. The molecular formula is C44H55F3N6O9S. The van der Waals surface area contributed by atoms with E-state index in [0.29, 0.717) is 47.7 Å². The number of fused-ring (bicyclic) bond motifs is 3. The maximum absolute atomic E-state index is 14.7. The van der Waals surface area contributed by atoms with Crippen LogP contribution in [0.25, 0.3) is 22.0 Å². The Hall–Kier alpha value is -5.33. The molecule has 0 radical (unpaired) electrons. The Labute approximate surface area is 364 Å². The van der Waals surface area contributed by atoms with Gasteiger partial charge in [-0.25, -0.2) is 18.2 Å². The van der Waals surface area contributed by atoms with Gasteiger partial charge in [-0.3, -0.25) is 19.1 Å². The van der Waals surface area contributed by atoms with Crippen LogP contribution in [-0.4, -0.2) is 104 Å². The molecule has 19 heteroatoms. The summed E-state index contributed by atoms with van der Waals surface area (Å²) in [5.74, 6) is -2.63. The quantitative estimate of drug-likeness (QED) is 0.218. The molecule has 15 nitrogen and oxygen atoms in total. The summed E-state index contributed by atoms with van der Waals surface area (Å²) in [5, 5.41) is 6.24. The van der Waals surface area contributed by atoms with Crippen LogP contribution in [0.4, 0.5) is 23.7 Å². The molecule has 2 aromatic carbocycles. The number of nitrogens with one attached hydrogen (secondary N) is 3. The molecule has 1 aromatic heterocycles. The van der Waals surface area contributed by atoms with E-state index in [1.165, 1.54) is 29.2 Å². The predicted molar refractivity (Wildman–Crippen MR) is 227 cm³/mol. The number of anilines is 1. The third-order valence-corrected chi connectivity index (χ3v) is 13.7. The molecule has 2 aliphatic heterocycles. The standard InChI is InChI=1S/C44H55F3N6O9S/c1-42(2,3)62-41(57)49-34-12-10-8-6-7-9-11-28-24-43(28,40(56)51-63(58,59)32-18-19-32)50-37(54)36-23-31(25-53(36)39(34)55)60-38-33-20-15-29(52(4)5)21-27(33)22-35(48-38)26-13-16-30(17-14-26)61-44(45,46)47/h13-17,20-22,28,31-32,34,36H,6-12,18-19,23-25H2,1-5H3,(H,49,57)(H,50,54)(H,51,56)/t28-,31-,34+,36+,43-/m1/s1. The van der Waals surface area contributed by atoms with Gasteiger partial charge in [-0.05, 0) is 113 Å². The van der Waals surface area contributed by atoms with E-state index in [1.807, 2.05) is 37.2 Å². The van der Waals surface area contributed by atoms with Crippen molar-refractivity contribution in [2.75, 3.05) is 25.5 Å². The van der Waals surface area contributed by atoms with Crippen molar-refractivity contribution in [3.8, 4) is 22.9 Å². The Morgan fingerprint density at radius 3 is 2.27 bits per heavy atom. The molecule has 63 heavy (non-hydrogen) atoms. The van der Waals surface area contributed by atoms with E-state index in [0.717, 1.165) is 31.4 Å². The number of carbonyl (C=O) groups excluding carboxylic acids is 4. The second-order valence-corrected chi connectivity index (χ2v) is 20.2. The molecule has 342 valence electrons. The highest BCUT2D eigenvalue weighted by Gasteiger charge is 2.62. The van der Waals surface area contributed by atoms with Crippen LogP contribution >= 0.6 is 0 Å². The third kappa shape index (κ3) is 11.1. The number of pyridine rings is 1. The monoisotopic (exact) mass is 900 g/mol. The molecule has 0 unspecified atom stereocenters. The molecule has 3 aromatic rings. The zero-order valence-electron chi connectivity index (χ0n) is 36.0. The van der Waals surface area contributed by atoms with Crippen LogP contribution in [-0.2, 0) is 29.1 Å². The molecular weight excluding hydrogens is 846 g/mol. The predicted octanol–water partition coefficient (Wildman–Crippen LogP) is 6.34. The number of hydrogen-bond acceptors (Lipinski definition) is 11.